The molecule has 5 rings (SSSR count). The zero-order chi connectivity index (χ0) is 27.2. The molecule has 2 N–H and O–H groups in total. The Bertz CT molecular complexity index is 1460. The maximum Gasteiger partial charge on any atom is 0.247 e. The second kappa shape index (κ2) is 12.0. The highest BCUT2D eigenvalue weighted by molar-refractivity contribution is 6.02. The fourth-order valence-corrected chi connectivity index (χ4v) is 4.98. The van der Waals surface area contributed by atoms with E-state index in [2.05, 4.69) is 50.2 Å². The first-order valence-electron chi connectivity index (χ1n) is 13.3. The van der Waals surface area contributed by atoms with Gasteiger partial charge in [0.2, 0.25) is 11.9 Å². The van der Waals surface area contributed by atoms with Crippen LogP contribution in [-0.4, -0.2) is 65.7 Å². The van der Waals surface area contributed by atoms with Crippen LogP contribution in [0.3, 0.4) is 0 Å². The summed E-state index contributed by atoms with van der Waals surface area (Å²) in [6.07, 6.45) is 8.79. The summed E-state index contributed by atoms with van der Waals surface area (Å²) in [6.45, 7) is 7.67. The molecule has 0 bridgehead atoms. The molecule has 202 valence electrons. The average Bonchev–Trinajstić information content (AvgIpc) is 3.41. The van der Waals surface area contributed by atoms with Gasteiger partial charge in [0.1, 0.15) is 11.6 Å². The first kappa shape index (κ1) is 26.2. The summed E-state index contributed by atoms with van der Waals surface area (Å²) in [6, 6.07) is 15.9. The minimum atomic E-state index is -0.283. The van der Waals surface area contributed by atoms with Gasteiger partial charge in [-0.2, -0.15) is 4.98 Å². The number of amides is 1. The van der Waals surface area contributed by atoms with Crippen LogP contribution in [0, 0.1) is 0 Å². The number of carbonyl (C=O) groups is 1. The number of carbonyl (C=O) groups excluding carboxylic acids is 1. The molecule has 1 fully saturated rings. The van der Waals surface area contributed by atoms with Gasteiger partial charge in [0.05, 0.1) is 29.7 Å². The van der Waals surface area contributed by atoms with E-state index in [1.54, 1.807) is 13.3 Å². The molecular formula is C30H35N7O2. The number of benzene rings is 2. The summed E-state index contributed by atoms with van der Waals surface area (Å²) >= 11 is 0. The van der Waals surface area contributed by atoms with Crippen molar-refractivity contribution in [1.82, 2.24) is 19.4 Å². The lowest BCUT2D eigenvalue weighted by Crippen LogP contribution is -2.36. The first-order chi connectivity index (χ1) is 19.1. The SMILES string of the molecule is C=CC(=O)Nc1cc(Nc2nccc(-n3ccc4ccccc43)n2)c(OC)cc1N(C)CCN1CCCCC1. The third kappa shape index (κ3) is 6.04. The van der Waals surface area contributed by atoms with E-state index >= 15 is 0 Å². The van der Waals surface area contributed by atoms with E-state index < -0.39 is 0 Å². The Labute approximate surface area is 229 Å². The Morgan fingerprint density at radius 3 is 2.74 bits per heavy atom. The molecule has 1 saturated heterocycles. The predicted molar refractivity (Wildman–Crippen MR) is 158 cm³/mol. The summed E-state index contributed by atoms with van der Waals surface area (Å²) < 4.78 is 7.78. The van der Waals surface area contributed by atoms with E-state index in [1.165, 1.54) is 25.3 Å². The molecule has 0 radical (unpaired) electrons. The van der Waals surface area contributed by atoms with Crippen LogP contribution in [0.25, 0.3) is 16.7 Å². The van der Waals surface area contributed by atoms with Crippen molar-refractivity contribution in [2.24, 2.45) is 0 Å². The number of ether oxygens (including phenoxy) is 1. The van der Waals surface area contributed by atoms with Gasteiger partial charge in [-0.1, -0.05) is 31.2 Å². The van der Waals surface area contributed by atoms with Crippen molar-refractivity contribution in [3.63, 3.8) is 0 Å². The van der Waals surface area contributed by atoms with Crippen LogP contribution in [0.1, 0.15) is 19.3 Å². The van der Waals surface area contributed by atoms with Gasteiger partial charge < -0.3 is 29.7 Å². The summed E-state index contributed by atoms with van der Waals surface area (Å²) in [5, 5.41) is 7.38. The largest absolute Gasteiger partial charge is 0.494 e. The molecule has 2 aromatic carbocycles. The normalized spacial score (nSPS) is 13.7. The van der Waals surface area contributed by atoms with Gasteiger partial charge in [-0.05, 0) is 61.7 Å². The molecule has 0 saturated carbocycles. The van der Waals surface area contributed by atoms with Gasteiger partial charge in [0.25, 0.3) is 0 Å². The third-order valence-corrected chi connectivity index (χ3v) is 7.11. The summed E-state index contributed by atoms with van der Waals surface area (Å²) in [5.74, 6) is 1.49. The van der Waals surface area contributed by atoms with Crippen LogP contribution in [0.5, 0.6) is 5.75 Å². The number of methoxy groups -OCH3 is 1. The monoisotopic (exact) mass is 525 g/mol. The molecule has 0 atom stereocenters. The Balaban J connectivity index is 1.43. The predicted octanol–water partition coefficient (Wildman–Crippen LogP) is 5.22. The van der Waals surface area contributed by atoms with Crippen LogP contribution in [0.2, 0.25) is 0 Å². The van der Waals surface area contributed by atoms with Crippen molar-refractivity contribution < 1.29 is 9.53 Å². The van der Waals surface area contributed by atoms with Crippen molar-refractivity contribution >= 4 is 39.8 Å². The highest BCUT2D eigenvalue weighted by Crippen LogP contribution is 2.38. The summed E-state index contributed by atoms with van der Waals surface area (Å²) in [7, 11) is 3.66. The maximum atomic E-state index is 12.3. The molecule has 0 aliphatic carbocycles. The van der Waals surface area contributed by atoms with E-state index in [0.717, 1.165) is 48.6 Å². The fourth-order valence-electron chi connectivity index (χ4n) is 4.98. The molecule has 9 nitrogen and oxygen atoms in total. The highest BCUT2D eigenvalue weighted by Gasteiger charge is 2.18. The molecule has 2 aromatic heterocycles. The number of nitrogens with one attached hydrogen (secondary N) is 2. The number of anilines is 4. The molecule has 0 spiro atoms. The van der Waals surface area contributed by atoms with Crippen LogP contribution in [0.15, 0.2) is 73.6 Å². The number of likely N-dealkylation sites (tertiary alicyclic amines) is 1. The maximum absolute atomic E-state index is 12.3. The van der Waals surface area contributed by atoms with Gasteiger partial charge in [0.15, 0.2) is 0 Å². The second-order valence-electron chi connectivity index (χ2n) is 9.69. The second-order valence-corrected chi connectivity index (χ2v) is 9.69. The Kier molecular flexibility index (Phi) is 8.07. The Morgan fingerprint density at radius 1 is 1.13 bits per heavy atom. The number of rotatable bonds is 10. The van der Waals surface area contributed by atoms with Crippen molar-refractivity contribution in [1.29, 1.82) is 0 Å². The van der Waals surface area contributed by atoms with Crippen molar-refractivity contribution in [2.45, 2.75) is 19.3 Å². The first-order valence-corrected chi connectivity index (χ1v) is 13.3. The topological polar surface area (TPSA) is 87.5 Å². The fraction of sp³-hybridized carbons (Fsp3) is 0.300. The number of likely N-dealkylation sites (N-methyl/N-ethyl adjacent to an activating group) is 1. The van der Waals surface area contributed by atoms with E-state index in [-0.39, 0.29) is 5.91 Å². The number of hydrogen-bond donors (Lipinski definition) is 2. The number of nitrogens with zero attached hydrogens (tertiary/aromatic N) is 5. The molecule has 3 heterocycles. The van der Waals surface area contributed by atoms with Gasteiger partial charge >= 0.3 is 0 Å². The van der Waals surface area contributed by atoms with Crippen molar-refractivity contribution in [2.75, 3.05) is 55.9 Å². The molecule has 4 aromatic rings. The smallest absolute Gasteiger partial charge is 0.247 e. The van der Waals surface area contributed by atoms with E-state index in [9.17, 15) is 4.79 Å². The number of para-hydroxylation sites is 1. The lowest BCUT2D eigenvalue weighted by atomic mass is 10.1. The number of piperidine rings is 1. The average molecular weight is 526 g/mol. The molecule has 9 heteroatoms. The molecule has 0 unspecified atom stereocenters. The number of aromatic nitrogens is 3. The molecule has 1 amide bonds. The molecular weight excluding hydrogens is 490 g/mol. The zero-order valence-corrected chi connectivity index (χ0v) is 22.6. The van der Waals surface area contributed by atoms with Crippen LogP contribution in [-0.2, 0) is 4.79 Å². The van der Waals surface area contributed by atoms with E-state index in [0.29, 0.717) is 23.1 Å². The van der Waals surface area contributed by atoms with Gasteiger partial charge in [-0.25, -0.2) is 4.98 Å². The highest BCUT2D eigenvalue weighted by atomic mass is 16.5. The minimum absolute atomic E-state index is 0.283. The van der Waals surface area contributed by atoms with E-state index in [4.69, 9.17) is 9.72 Å². The number of hydrogen-bond acceptors (Lipinski definition) is 7. The number of fused-ring (bicyclic) bond motifs is 1. The van der Waals surface area contributed by atoms with Crippen LogP contribution < -0.4 is 20.3 Å². The van der Waals surface area contributed by atoms with Crippen LogP contribution in [0.4, 0.5) is 23.0 Å². The lowest BCUT2D eigenvalue weighted by Gasteiger charge is -2.30. The summed E-state index contributed by atoms with van der Waals surface area (Å²) in [5.41, 5.74) is 3.21. The minimum Gasteiger partial charge on any atom is -0.494 e. The van der Waals surface area contributed by atoms with Gasteiger partial charge in [-0.3, -0.25) is 4.79 Å². The van der Waals surface area contributed by atoms with Gasteiger partial charge in [0, 0.05) is 38.6 Å². The van der Waals surface area contributed by atoms with E-state index in [1.807, 2.05) is 48.1 Å². The summed E-state index contributed by atoms with van der Waals surface area (Å²) in [4.78, 5) is 26.2. The molecule has 1 aliphatic heterocycles. The zero-order valence-electron chi connectivity index (χ0n) is 22.6. The molecule has 39 heavy (non-hydrogen) atoms. The third-order valence-electron chi connectivity index (χ3n) is 7.11. The quantitative estimate of drug-likeness (QED) is 0.275. The Morgan fingerprint density at radius 2 is 1.95 bits per heavy atom. The molecule has 1 aliphatic rings. The van der Waals surface area contributed by atoms with Gasteiger partial charge in [-0.15, -0.1) is 0 Å². The standard InChI is InChI=1S/C30H35N7O2/c1-4-29(38)32-23-20-24(27(39-3)21-26(23)35(2)18-19-36-15-8-5-9-16-36)33-30-31-14-12-28(34-30)37-17-13-22-10-6-7-11-25(22)37/h4,6-7,10-14,17,20-21H,1,5,8-9,15-16,18-19H2,2-3H3,(H,32,38)(H,31,33,34). The lowest BCUT2D eigenvalue weighted by molar-refractivity contribution is -0.111. The van der Waals surface area contributed by atoms with Crippen LogP contribution >= 0.6 is 0 Å². The van der Waals surface area contributed by atoms with Crippen molar-refractivity contribution in [3.05, 3.63) is 73.6 Å². The Hall–Kier alpha value is -4.37. The van der Waals surface area contributed by atoms with Crippen molar-refractivity contribution in [3.8, 4) is 11.6 Å².